The number of carbonyl (C=O) groups excluding carboxylic acids is 2. The molecule has 0 radical (unpaired) electrons. The molecule has 24 heavy (non-hydrogen) atoms. The molecule has 1 aromatic rings. The molecule has 3 amide bonds. The van der Waals surface area contributed by atoms with E-state index in [0.29, 0.717) is 13.1 Å². The Kier molecular flexibility index (Phi) is 7.82. The highest BCUT2D eigenvalue weighted by Crippen LogP contribution is 2.10. The summed E-state index contributed by atoms with van der Waals surface area (Å²) < 4.78 is 2.03. The van der Waals surface area contributed by atoms with Gasteiger partial charge in [-0.2, -0.15) is 0 Å². The molecule has 0 aliphatic heterocycles. The standard InChI is InChI=1S/C18H32N4O2/c1-7-8-12-21(13-16-10-9-11-20(16)6)17(23)14-22(15(2)3)18(24)19(4)5/h9-11,15H,7-8,12-14H2,1-6H3. The summed E-state index contributed by atoms with van der Waals surface area (Å²) in [6.07, 6.45) is 3.97. The van der Waals surface area contributed by atoms with Crippen molar-refractivity contribution >= 4 is 11.9 Å². The van der Waals surface area contributed by atoms with Gasteiger partial charge in [-0.3, -0.25) is 4.79 Å². The molecular weight excluding hydrogens is 304 g/mol. The van der Waals surface area contributed by atoms with E-state index in [2.05, 4.69) is 6.92 Å². The first kappa shape index (κ1) is 20.1. The fraction of sp³-hybridized carbons (Fsp3) is 0.667. The van der Waals surface area contributed by atoms with E-state index in [-0.39, 0.29) is 24.5 Å². The van der Waals surface area contributed by atoms with Crippen LogP contribution in [0.15, 0.2) is 18.3 Å². The first-order chi connectivity index (χ1) is 11.3. The number of hydrogen-bond acceptors (Lipinski definition) is 2. The zero-order chi connectivity index (χ0) is 18.3. The number of aromatic nitrogens is 1. The monoisotopic (exact) mass is 336 g/mol. The average molecular weight is 336 g/mol. The van der Waals surface area contributed by atoms with E-state index < -0.39 is 0 Å². The van der Waals surface area contributed by atoms with E-state index in [1.165, 1.54) is 4.90 Å². The van der Waals surface area contributed by atoms with E-state index in [9.17, 15) is 9.59 Å². The third-order valence-electron chi connectivity index (χ3n) is 4.10. The minimum absolute atomic E-state index is 0.00597. The van der Waals surface area contributed by atoms with Gasteiger partial charge in [-0.1, -0.05) is 13.3 Å². The largest absolute Gasteiger partial charge is 0.353 e. The Morgan fingerprint density at radius 3 is 2.38 bits per heavy atom. The van der Waals surface area contributed by atoms with Crippen LogP contribution in [0, 0.1) is 0 Å². The van der Waals surface area contributed by atoms with Crippen molar-refractivity contribution < 1.29 is 9.59 Å². The van der Waals surface area contributed by atoms with Crippen LogP contribution in [0.2, 0.25) is 0 Å². The highest BCUT2D eigenvalue weighted by molar-refractivity contribution is 5.84. The van der Waals surface area contributed by atoms with Crippen LogP contribution < -0.4 is 0 Å². The molecule has 0 saturated carbocycles. The molecule has 1 aromatic heterocycles. The highest BCUT2D eigenvalue weighted by atomic mass is 16.2. The van der Waals surface area contributed by atoms with Crippen LogP contribution in [-0.2, 0) is 18.4 Å². The van der Waals surface area contributed by atoms with Crippen LogP contribution in [0.1, 0.15) is 39.3 Å². The van der Waals surface area contributed by atoms with E-state index >= 15 is 0 Å². The Bertz CT molecular complexity index is 537. The predicted molar refractivity (Wildman–Crippen MR) is 96.7 cm³/mol. The summed E-state index contributed by atoms with van der Waals surface area (Å²) >= 11 is 0. The third kappa shape index (κ3) is 5.58. The van der Waals surface area contributed by atoms with Crippen molar-refractivity contribution in [3.05, 3.63) is 24.0 Å². The minimum atomic E-state index is -0.132. The summed E-state index contributed by atoms with van der Waals surface area (Å²) in [6.45, 7) is 7.38. The molecule has 0 aliphatic carbocycles. The Labute approximate surface area is 146 Å². The molecule has 136 valence electrons. The van der Waals surface area contributed by atoms with Gasteiger partial charge in [0.2, 0.25) is 5.91 Å². The van der Waals surface area contributed by atoms with Crippen LogP contribution >= 0.6 is 0 Å². The Balaban J connectivity index is 2.85. The summed E-state index contributed by atoms with van der Waals surface area (Å²) in [5, 5.41) is 0. The number of nitrogens with zero attached hydrogens (tertiary/aromatic N) is 4. The predicted octanol–water partition coefficient (Wildman–Crippen LogP) is 2.55. The molecule has 0 fully saturated rings. The quantitative estimate of drug-likeness (QED) is 0.732. The lowest BCUT2D eigenvalue weighted by Crippen LogP contribution is -2.49. The van der Waals surface area contributed by atoms with Crippen LogP contribution in [0.5, 0.6) is 0 Å². The minimum Gasteiger partial charge on any atom is -0.353 e. The SMILES string of the molecule is CCCCN(Cc1cccn1C)C(=O)CN(C(=O)N(C)C)C(C)C. The first-order valence-electron chi connectivity index (χ1n) is 8.63. The maximum Gasteiger partial charge on any atom is 0.320 e. The van der Waals surface area contributed by atoms with Crippen molar-refractivity contribution in [2.24, 2.45) is 7.05 Å². The summed E-state index contributed by atoms with van der Waals surface area (Å²) in [4.78, 5) is 30.1. The van der Waals surface area contributed by atoms with Gasteiger partial charge in [0, 0.05) is 45.6 Å². The Hall–Kier alpha value is -1.98. The van der Waals surface area contributed by atoms with Gasteiger partial charge in [0.25, 0.3) is 0 Å². The number of amides is 3. The smallest absolute Gasteiger partial charge is 0.320 e. The van der Waals surface area contributed by atoms with Crippen molar-refractivity contribution in [1.82, 2.24) is 19.3 Å². The van der Waals surface area contributed by atoms with Crippen LogP contribution in [-0.4, -0.2) is 64.4 Å². The topological polar surface area (TPSA) is 48.8 Å². The fourth-order valence-corrected chi connectivity index (χ4v) is 2.47. The second-order valence-corrected chi connectivity index (χ2v) is 6.68. The van der Waals surface area contributed by atoms with E-state index in [1.54, 1.807) is 19.0 Å². The van der Waals surface area contributed by atoms with Crippen molar-refractivity contribution in [1.29, 1.82) is 0 Å². The zero-order valence-electron chi connectivity index (χ0n) is 16.0. The molecule has 1 heterocycles. The van der Waals surface area contributed by atoms with Gasteiger partial charge in [-0.25, -0.2) is 4.79 Å². The summed E-state index contributed by atoms with van der Waals surface area (Å²) in [5.74, 6) is -0.00597. The van der Waals surface area contributed by atoms with Gasteiger partial charge in [0.15, 0.2) is 0 Å². The van der Waals surface area contributed by atoms with Gasteiger partial charge < -0.3 is 19.3 Å². The normalized spacial score (nSPS) is 10.8. The van der Waals surface area contributed by atoms with E-state index in [0.717, 1.165) is 18.5 Å². The lowest BCUT2D eigenvalue weighted by molar-refractivity contribution is -0.133. The molecule has 6 heteroatoms. The third-order valence-corrected chi connectivity index (χ3v) is 4.10. The zero-order valence-corrected chi connectivity index (χ0v) is 16.0. The molecule has 6 nitrogen and oxygen atoms in total. The molecule has 0 aromatic carbocycles. The molecule has 0 unspecified atom stereocenters. The summed E-state index contributed by atoms with van der Waals surface area (Å²) in [5.41, 5.74) is 1.09. The lowest BCUT2D eigenvalue weighted by atomic mass is 10.2. The molecule has 0 bridgehead atoms. The first-order valence-corrected chi connectivity index (χ1v) is 8.63. The number of urea groups is 1. The van der Waals surface area contributed by atoms with Gasteiger partial charge in [-0.05, 0) is 32.4 Å². The molecular formula is C18H32N4O2. The molecule has 0 spiro atoms. The van der Waals surface area contributed by atoms with Gasteiger partial charge in [0.1, 0.15) is 6.54 Å². The molecule has 0 aliphatic rings. The van der Waals surface area contributed by atoms with Gasteiger partial charge in [0.05, 0.1) is 6.54 Å². The van der Waals surface area contributed by atoms with Gasteiger partial charge >= 0.3 is 6.03 Å². The maximum absolute atomic E-state index is 12.8. The van der Waals surface area contributed by atoms with Gasteiger partial charge in [-0.15, -0.1) is 0 Å². The van der Waals surface area contributed by atoms with E-state index in [4.69, 9.17) is 0 Å². The van der Waals surface area contributed by atoms with E-state index in [1.807, 2.05) is 48.7 Å². The van der Waals surface area contributed by atoms with Crippen molar-refractivity contribution in [3.63, 3.8) is 0 Å². The van der Waals surface area contributed by atoms with Crippen molar-refractivity contribution in [2.45, 2.75) is 46.2 Å². The number of carbonyl (C=O) groups is 2. The second kappa shape index (κ2) is 9.35. The van der Waals surface area contributed by atoms with Crippen LogP contribution in [0.25, 0.3) is 0 Å². The van der Waals surface area contributed by atoms with Crippen molar-refractivity contribution in [3.8, 4) is 0 Å². The maximum atomic E-state index is 12.8. The second-order valence-electron chi connectivity index (χ2n) is 6.68. The molecule has 0 N–H and O–H groups in total. The number of rotatable bonds is 8. The van der Waals surface area contributed by atoms with Crippen molar-refractivity contribution in [2.75, 3.05) is 27.2 Å². The average Bonchev–Trinajstić information content (AvgIpc) is 2.92. The number of unbranched alkanes of at least 4 members (excludes halogenated alkanes) is 1. The fourth-order valence-electron chi connectivity index (χ4n) is 2.47. The Morgan fingerprint density at radius 2 is 1.92 bits per heavy atom. The molecule has 0 saturated heterocycles. The summed E-state index contributed by atoms with van der Waals surface area (Å²) in [7, 11) is 5.40. The number of aryl methyl sites for hydroxylation is 1. The Morgan fingerprint density at radius 1 is 1.25 bits per heavy atom. The van der Waals surface area contributed by atoms with Crippen LogP contribution in [0.3, 0.4) is 0 Å². The number of hydrogen-bond donors (Lipinski definition) is 0. The molecule has 1 rings (SSSR count). The van der Waals surface area contributed by atoms with Crippen LogP contribution in [0.4, 0.5) is 4.79 Å². The molecule has 0 atom stereocenters. The lowest BCUT2D eigenvalue weighted by Gasteiger charge is -2.32. The highest BCUT2D eigenvalue weighted by Gasteiger charge is 2.24. The summed E-state index contributed by atoms with van der Waals surface area (Å²) in [6, 6.07) is 3.85.